The number of anilines is 2. The zero-order valence-electron chi connectivity index (χ0n) is 16.2. The molecule has 0 spiro atoms. The van der Waals surface area contributed by atoms with E-state index in [0.717, 1.165) is 27.8 Å². The number of nitrogens with zero attached hydrogens (tertiary/aromatic N) is 3. The van der Waals surface area contributed by atoms with Crippen LogP contribution >= 0.6 is 0 Å². The number of aromatic amines is 1. The lowest BCUT2D eigenvalue weighted by Crippen LogP contribution is -2.57. The molecule has 0 atom stereocenters. The predicted molar refractivity (Wildman–Crippen MR) is 109 cm³/mol. The third kappa shape index (κ3) is 3.71. The fraction of sp³-hybridized carbons (Fsp3) is 0.350. The van der Waals surface area contributed by atoms with Crippen LogP contribution in [0.3, 0.4) is 0 Å². The number of aromatic nitrogens is 3. The Kier molecular flexibility index (Phi) is 4.33. The van der Waals surface area contributed by atoms with Gasteiger partial charge in [-0.25, -0.2) is 9.78 Å². The van der Waals surface area contributed by atoms with Crippen molar-refractivity contribution in [3.05, 3.63) is 36.5 Å². The van der Waals surface area contributed by atoms with Crippen LogP contribution in [0.15, 0.2) is 36.5 Å². The molecule has 0 bridgehead atoms. The van der Waals surface area contributed by atoms with Gasteiger partial charge in [-0.3, -0.25) is 5.10 Å². The Bertz CT molecular complexity index is 1000. The van der Waals surface area contributed by atoms with Gasteiger partial charge in [-0.05, 0) is 32.9 Å². The first-order valence-corrected chi connectivity index (χ1v) is 9.23. The maximum absolute atomic E-state index is 12.1. The topological polar surface area (TPSA) is 109 Å². The number of ether oxygens (including phenoxy) is 1. The molecule has 3 aromatic rings. The Labute approximate surface area is 163 Å². The van der Waals surface area contributed by atoms with Crippen molar-refractivity contribution < 1.29 is 9.53 Å². The summed E-state index contributed by atoms with van der Waals surface area (Å²) >= 11 is 0. The molecule has 0 aliphatic carbocycles. The molecule has 0 saturated carbocycles. The molecule has 4 rings (SSSR count). The summed E-state index contributed by atoms with van der Waals surface area (Å²) in [6.07, 6.45) is 1.43. The Balaban J connectivity index is 1.50. The van der Waals surface area contributed by atoms with Gasteiger partial charge < -0.3 is 20.7 Å². The smallest absolute Gasteiger partial charge is 0.410 e. The molecule has 1 saturated heterocycles. The molecular weight excluding hydrogens is 356 g/mol. The van der Waals surface area contributed by atoms with Gasteiger partial charge in [0.05, 0.1) is 17.3 Å². The highest BCUT2D eigenvalue weighted by molar-refractivity contribution is 5.95. The third-order valence-electron chi connectivity index (χ3n) is 4.53. The van der Waals surface area contributed by atoms with Crippen LogP contribution < -0.4 is 11.1 Å². The molecule has 4 N–H and O–H groups in total. The van der Waals surface area contributed by atoms with Gasteiger partial charge in [0.15, 0.2) is 0 Å². The maximum atomic E-state index is 12.1. The lowest BCUT2D eigenvalue weighted by atomic mass is 10.1. The molecule has 0 unspecified atom stereocenters. The van der Waals surface area contributed by atoms with Crippen LogP contribution in [0.2, 0.25) is 0 Å². The molecule has 2 aromatic heterocycles. The minimum Gasteiger partial charge on any atom is -0.444 e. The van der Waals surface area contributed by atoms with Gasteiger partial charge in [0, 0.05) is 42.0 Å². The third-order valence-corrected chi connectivity index (χ3v) is 4.53. The normalized spacial score (nSPS) is 14.8. The first-order chi connectivity index (χ1) is 13.3. The lowest BCUT2D eigenvalue weighted by Gasteiger charge is -2.40. The number of nitrogens with one attached hydrogen (secondary N) is 2. The number of benzene rings is 1. The molecule has 1 fully saturated rings. The summed E-state index contributed by atoms with van der Waals surface area (Å²) in [5, 5.41) is 11.4. The first-order valence-electron chi connectivity index (χ1n) is 9.23. The zero-order valence-corrected chi connectivity index (χ0v) is 16.2. The second-order valence-corrected chi connectivity index (χ2v) is 8.02. The number of hydrogen-bond acceptors (Lipinski definition) is 6. The van der Waals surface area contributed by atoms with E-state index in [1.54, 1.807) is 11.1 Å². The summed E-state index contributed by atoms with van der Waals surface area (Å²) in [5.74, 6) is 0.445. The summed E-state index contributed by atoms with van der Waals surface area (Å²) in [5.41, 5.74) is 9.16. The van der Waals surface area contributed by atoms with Gasteiger partial charge >= 0.3 is 6.09 Å². The van der Waals surface area contributed by atoms with Gasteiger partial charge in [-0.15, -0.1) is 0 Å². The number of amides is 1. The average molecular weight is 380 g/mol. The molecule has 1 amide bonds. The minimum absolute atomic E-state index is 0.143. The zero-order chi connectivity index (χ0) is 19.9. The monoisotopic (exact) mass is 380 g/mol. The van der Waals surface area contributed by atoms with E-state index in [-0.39, 0.29) is 12.1 Å². The van der Waals surface area contributed by atoms with Crippen LogP contribution in [0.4, 0.5) is 16.3 Å². The van der Waals surface area contributed by atoms with Crippen LogP contribution in [0.5, 0.6) is 0 Å². The van der Waals surface area contributed by atoms with Crippen molar-refractivity contribution in [1.82, 2.24) is 20.1 Å². The van der Waals surface area contributed by atoms with Crippen molar-refractivity contribution in [3.63, 3.8) is 0 Å². The van der Waals surface area contributed by atoms with Crippen molar-refractivity contribution in [2.24, 2.45) is 0 Å². The summed E-state index contributed by atoms with van der Waals surface area (Å²) < 4.78 is 5.40. The van der Waals surface area contributed by atoms with Gasteiger partial charge in [0.25, 0.3) is 0 Å². The second kappa shape index (κ2) is 6.70. The van der Waals surface area contributed by atoms with Crippen LogP contribution in [0, 0.1) is 0 Å². The summed E-state index contributed by atoms with van der Waals surface area (Å²) in [6.45, 7) is 6.77. The second-order valence-electron chi connectivity index (χ2n) is 8.02. The molecule has 1 aliphatic heterocycles. The summed E-state index contributed by atoms with van der Waals surface area (Å²) in [7, 11) is 0. The molecule has 1 aromatic carbocycles. The molecule has 8 heteroatoms. The van der Waals surface area contributed by atoms with Gasteiger partial charge in [0.2, 0.25) is 0 Å². The van der Waals surface area contributed by atoms with Crippen LogP contribution in [-0.4, -0.2) is 50.9 Å². The number of H-pyrrole nitrogens is 1. The quantitative estimate of drug-likeness (QED) is 0.644. The highest BCUT2D eigenvalue weighted by Crippen LogP contribution is 2.30. The number of rotatable bonds is 3. The fourth-order valence-electron chi connectivity index (χ4n) is 3.22. The summed E-state index contributed by atoms with van der Waals surface area (Å²) in [4.78, 5) is 18.2. The molecule has 146 valence electrons. The molecule has 8 nitrogen and oxygen atoms in total. The van der Waals surface area contributed by atoms with E-state index in [2.05, 4.69) is 20.5 Å². The molecule has 3 heterocycles. The first kappa shape index (κ1) is 18.1. The number of likely N-dealkylation sites (tertiary alicyclic amines) is 1. The number of hydrogen-bond donors (Lipinski definition) is 3. The molecular formula is C20H24N6O2. The Morgan fingerprint density at radius 2 is 2.07 bits per heavy atom. The average Bonchev–Trinajstić information content (AvgIpc) is 3.09. The van der Waals surface area contributed by atoms with Crippen LogP contribution in [0.25, 0.3) is 22.2 Å². The molecule has 0 radical (unpaired) electrons. The van der Waals surface area contributed by atoms with E-state index in [4.69, 9.17) is 10.5 Å². The van der Waals surface area contributed by atoms with Crippen molar-refractivity contribution in [2.75, 3.05) is 24.1 Å². The van der Waals surface area contributed by atoms with E-state index in [1.165, 1.54) is 0 Å². The number of pyridine rings is 1. The van der Waals surface area contributed by atoms with Crippen molar-refractivity contribution in [2.45, 2.75) is 32.4 Å². The van der Waals surface area contributed by atoms with E-state index >= 15 is 0 Å². The Hall–Kier alpha value is -3.29. The SMILES string of the molecule is CC(C)(C)OC(=O)N1CC(Nc2cc(N)nc3cc(-c4ccn[nH]4)ccc23)C1. The standard InChI is InChI=1S/C20H24N6O2/c1-20(2,3)28-19(27)26-10-13(11-26)23-17-9-18(21)24-16-8-12(4-5-14(16)17)15-6-7-22-25-15/h4-9,13H,10-11H2,1-3H3,(H,22,25)(H3,21,23,24). The Morgan fingerprint density at radius 3 is 2.75 bits per heavy atom. The Morgan fingerprint density at radius 1 is 1.29 bits per heavy atom. The highest BCUT2D eigenvalue weighted by atomic mass is 16.6. The van der Waals surface area contributed by atoms with E-state index in [0.29, 0.717) is 18.9 Å². The number of carbonyl (C=O) groups excluding carboxylic acids is 1. The number of carbonyl (C=O) groups is 1. The highest BCUT2D eigenvalue weighted by Gasteiger charge is 2.33. The fourth-order valence-corrected chi connectivity index (χ4v) is 3.22. The molecule has 1 aliphatic rings. The van der Waals surface area contributed by atoms with E-state index < -0.39 is 5.60 Å². The van der Waals surface area contributed by atoms with Crippen molar-refractivity contribution in [3.8, 4) is 11.3 Å². The predicted octanol–water partition coefficient (Wildman–Crippen LogP) is 3.24. The van der Waals surface area contributed by atoms with Crippen molar-refractivity contribution in [1.29, 1.82) is 0 Å². The van der Waals surface area contributed by atoms with Crippen LogP contribution in [0.1, 0.15) is 20.8 Å². The largest absolute Gasteiger partial charge is 0.444 e. The van der Waals surface area contributed by atoms with Gasteiger partial charge in [0.1, 0.15) is 11.4 Å². The number of fused-ring (bicyclic) bond motifs is 1. The maximum Gasteiger partial charge on any atom is 0.410 e. The number of nitrogen functional groups attached to an aromatic ring is 1. The minimum atomic E-state index is -0.488. The van der Waals surface area contributed by atoms with Gasteiger partial charge in [-0.2, -0.15) is 5.10 Å². The summed E-state index contributed by atoms with van der Waals surface area (Å²) in [6, 6.07) is 9.90. The lowest BCUT2D eigenvalue weighted by molar-refractivity contribution is 0.0105. The van der Waals surface area contributed by atoms with E-state index in [1.807, 2.05) is 51.1 Å². The van der Waals surface area contributed by atoms with E-state index in [9.17, 15) is 4.79 Å². The number of nitrogens with two attached hydrogens (primary N) is 1. The van der Waals surface area contributed by atoms with Gasteiger partial charge in [-0.1, -0.05) is 12.1 Å². The van der Waals surface area contributed by atoms with Crippen molar-refractivity contribution >= 4 is 28.5 Å². The van der Waals surface area contributed by atoms with Crippen LogP contribution in [-0.2, 0) is 4.74 Å². The molecule has 28 heavy (non-hydrogen) atoms.